The number of allylic oxidation sites excluding steroid dienone is 10. The van der Waals surface area contributed by atoms with Crippen LogP contribution in [0.3, 0.4) is 0 Å². The van der Waals surface area contributed by atoms with E-state index in [1.165, 1.54) is 70.6 Å². The third-order valence-corrected chi connectivity index (χ3v) is 11.2. The van der Waals surface area contributed by atoms with Crippen molar-refractivity contribution in [2.45, 2.75) is 206 Å². The second-order valence-corrected chi connectivity index (χ2v) is 18.9. The maximum Gasteiger partial charge on any atom is 0.306 e. The van der Waals surface area contributed by atoms with Gasteiger partial charge < -0.3 is 27.9 Å². The molecule has 0 fully saturated rings. The SMILES string of the molecule is CC/C=C\C/C=C\C/C=C\C/C=C\CCCCCCCCC(=O)OC(COC(=O)CCCCCCCCC/C=C\CCCCCCCCC)COP(=O)([O-])OCC[N+](C)(C)C. The zero-order valence-corrected chi connectivity index (χ0v) is 40.7. The first kappa shape index (κ1) is 58.7. The van der Waals surface area contributed by atoms with Crippen LogP contribution in [0.4, 0.5) is 0 Å². The minimum Gasteiger partial charge on any atom is -0.756 e. The topological polar surface area (TPSA) is 111 Å². The molecule has 0 spiro atoms. The van der Waals surface area contributed by atoms with E-state index in [9.17, 15) is 19.0 Å². The van der Waals surface area contributed by atoms with Gasteiger partial charge in [0.1, 0.15) is 19.8 Å². The third-order valence-electron chi connectivity index (χ3n) is 10.3. The Labute approximate surface area is 375 Å². The predicted molar refractivity (Wildman–Crippen MR) is 254 cm³/mol. The number of ether oxygens (including phenoxy) is 2. The molecule has 10 heteroatoms. The number of unbranched alkanes of at least 4 members (excludes halogenated alkanes) is 20. The molecule has 2 unspecified atom stereocenters. The lowest BCUT2D eigenvalue weighted by Crippen LogP contribution is -2.37. The molecule has 0 aromatic heterocycles. The summed E-state index contributed by atoms with van der Waals surface area (Å²) in [5.41, 5.74) is 0. The molecule has 0 heterocycles. The fourth-order valence-corrected chi connectivity index (χ4v) is 7.19. The van der Waals surface area contributed by atoms with Gasteiger partial charge in [0.2, 0.25) is 0 Å². The van der Waals surface area contributed by atoms with Gasteiger partial charge >= 0.3 is 11.9 Å². The maximum absolute atomic E-state index is 12.7. The highest BCUT2D eigenvalue weighted by Crippen LogP contribution is 2.38. The van der Waals surface area contributed by atoms with Crippen LogP contribution < -0.4 is 4.89 Å². The summed E-state index contributed by atoms with van der Waals surface area (Å²) in [5, 5.41) is 0. The first-order valence-electron chi connectivity index (χ1n) is 24.5. The number of carbonyl (C=O) groups excluding carboxylic acids is 2. The Kier molecular flexibility index (Phi) is 41.4. The van der Waals surface area contributed by atoms with Gasteiger partial charge in [0.05, 0.1) is 27.7 Å². The highest BCUT2D eigenvalue weighted by Gasteiger charge is 2.21. The van der Waals surface area contributed by atoms with E-state index in [0.717, 1.165) is 96.3 Å². The normalized spacial score (nSPS) is 14.0. The smallest absolute Gasteiger partial charge is 0.306 e. The molecule has 9 nitrogen and oxygen atoms in total. The van der Waals surface area contributed by atoms with Gasteiger partial charge in [-0.15, -0.1) is 0 Å². The van der Waals surface area contributed by atoms with Gasteiger partial charge in [-0.25, -0.2) is 0 Å². The molecule has 61 heavy (non-hydrogen) atoms. The highest BCUT2D eigenvalue weighted by atomic mass is 31.2. The highest BCUT2D eigenvalue weighted by molar-refractivity contribution is 7.45. The van der Waals surface area contributed by atoms with Crippen LogP contribution in [0, 0.1) is 0 Å². The standard InChI is InChI=1S/C51H92NO8P/c1-6-8-10-12-14-16-18-20-22-24-26-28-30-32-34-36-38-40-42-44-51(54)60-49(48-59-61(55,56)58-46-45-52(3,4)5)47-57-50(53)43-41-39-37-35-33-31-29-27-25-23-21-19-17-15-13-11-9-7-2/h8,10,14,16,20,22-23,25-26,28,49H,6-7,9,11-13,15,17-19,21,24,27,29-48H2,1-5H3/b10-8-,16-14-,22-20-,25-23-,28-26-. The van der Waals surface area contributed by atoms with Crippen molar-refractivity contribution in [1.29, 1.82) is 0 Å². The average Bonchev–Trinajstić information content (AvgIpc) is 3.21. The van der Waals surface area contributed by atoms with Crippen molar-refractivity contribution in [3.05, 3.63) is 60.8 Å². The fourth-order valence-electron chi connectivity index (χ4n) is 6.46. The van der Waals surface area contributed by atoms with Crippen LogP contribution >= 0.6 is 7.82 Å². The van der Waals surface area contributed by atoms with Crippen molar-refractivity contribution in [2.75, 3.05) is 47.5 Å². The van der Waals surface area contributed by atoms with Crippen LogP contribution in [0.5, 0.6) is 0 Å². The lowest BCUT2D eigenvalue weighted by atomic mass is 10.1. The molecule has 0 saturated carbocycles. The molecular weight excluding hydrogens is 786 g/mol. The van der Waals surface area contributed by atoms with Gasteiger partial charge in [-0.3, -0.25) is 14.2 Å². The Morgan fingerprint density at radius 3 is 1.41 bits per heavy atom. The van der Waals surface area contributed by atoms with Gasteiger partial charge in [-0.1, -0.05) is 171 Å². The van der Waals surface area contributed by atoms with E-state index < -0.39 is 32.5 Å². The molecular formula is C51H92NO8P. The van der Waals surface area contributed by atoms with Crippen LogP contribution in [0.25, 0.3) is 0 Å². The van der Waals surface area contributed by atoms with Crippen molar-refractivity contribution < 1.29 is 42.1 Å². The quantitative estimate of drug-likeness (QED) is 0.0196. The molecule has 0 amide bonds. The number of hydrogen-bond donors (Lipinski definition) is 0. The number of quaternary nitrogens is 1. The number of rotatable bonds is 44. The summed E-state index contributed by atoms with van der Waals surface area (Å²) in [7, 11) is 1.15. The van der Waals surface area contributed by atoms with E-state index in [-0.39, 0.29) is 26.1 Å². The predicted octanol–water partition coefficient (Wildman–Crippen LogP) is 13.8. The zero-order chi connectivity index (χ0) is 45.0. The maximum atomic E-state index is 12.7. The molecule has 2 atom stereocenters. The van der Waals surface area contributed by atoms with Crippen molar-refractivity contribution >= 4 is 19.8 Å². The number of phosphoric ester groups is 1. The summed E-state index contributed by atoms with van der Waals surface area (Å²) in [5.74, 6) is -0.856. The Hall–Kier alpha value is -2.29. The van der Waals surface area contributed by atoms with Crippen LogP contribution in [-0.4, -0.2) is 70.0 Å². The first-order chi connectivity index (χ1) is 29.5. The minimum atomic E-state index is -4.64. The molecule has 0 rings (SSSR count). The Bertz CT molecular complexity index is 1220. The lowest BCUT2D eigenvalue weighted by Gasteiger charge is -2.28. The molecule has 0 saturated heterocycles. The summed E-state index contributed by atoms with van der Waals surface area (Å²) >= 11 is 0. The van der Waals surface area contributed by atoms with E-state index >= 15 is 0 Å². The number of esters is 2. The monoisotopic (exact) mass is 878 g/mol. The van der Waals surface area contributed by atoms with Crippen molar-refractivity contribution in [2.24, 2.45) is 0 Å². The molecule has 0 radical (unpaired) electrons. The summed E-state index contributed by atoms with van der Waals surface area (Å²) < 4.78 is 34.0. The van der Waals surface area contributed by atoms with E-state index in [0.29, 0.717) is 17.4 Å². The number of likely N-dealkylation sites (N-methyl/N-ethyl adjacent to an activating group) is 1. The van der Waals surface area contributed by atoms with Gasteiger partial charge in [0.15, 0.2) is 6.10 Å². The van der Waals surface area contributed by atoms with Crippen LogP contribution in [0.2, 0.25) is 0 Å². The summed E-state index contributed by atoms with van der Waals surface area (Å²) in [6.45, 7) is 4.10. The van der Waals surface area contributed by atoms with Crippen molar-refractivity contribution in [3.63, 3.8) is 0 Å². The molecule has 354 valence electrons. The molecule has 0 bridgehead atoms. The molecule has 0 aromatic carbocycles. The number of nitrogens with zero attached hydrogens (tertiary/aromatic N) is 1. The van der Waals surface area contributed by atoms with Gasteiger partial charge in [-0.05, 0) is 77.0 Å². The number of carbonyl (C=O) groups is 2. The number of phosphoric acid groups is 1. The third kappa shape index (κ3) is 47.0. The second-order valence-electron chi connectivity index (χ2n) is 17.4. The summed E-state index contributed by atoms with van der Waals surface area (Å²) in [6.07, 6.45) is 52.4. The summed E-state index contributed by atoms with van der Waals surface area (Å²) in [6, 6.07) is 0. The van der Waals surface area contributed by atoms with Crippen molar-refractivity contribution in [3.8, 4) is 0 Å². The molecule has 0 aliphatic carbocycles. The van der Waals surface area contributed by atoms with Crippen molar-refractivity contribution in [1.82, 2.24) is 0 Å². The van der Waals surface area contributed by atoms with E-state index in [2.05, 4.69) is 74.6 Å². The molecule has 0 aromatic rings. The zero-order valence-electron chi connectivity index (χ0n) is 39.8. The molecule has 0 aliphatic heterocycles. The van der Waals surface area contributed by atoms with Gasteiger partial charge in [-0.2, -0.15) is 0 Å². The van der Waals surface area contributed by atoms with E-state index in [1.807, 2.05) is 21.1 Å². The van der Waals surface area contributed by atoms with E-state index in [4.69, 9.17) is 18.5 Å². The average molecular weight is 878 g/mol. The Morgan fingerprint density at radius 2 is 0.934 bits per heavy atom. The lowest BCUT2D eigenvalue weighted by molar-refractivity contribution is -0.870. The van der Waals surface area contributed by atoms with E-state index in [1.54, 1.807) is 0 Å². The number of hydrogen-bond acceptors (Lipinski definition) is 8. The van der Waals surface area contributed by atoms with Crippen LogP contribution in [-0.2, 0) is 32.7 Å². The van der Waals surface area contributed by atoms with Gasteiger partial charge in [0.25, 0.3) is 7.82 Å². The molecule has 0 N–H and O–H groups in total. The second kappa shape index (κ2) is 43.0. The van der Waals surface area contributed by atoms with Crippen LogP contribution in [0.15, 0.2) is 60.8 Å². The van der Waals surface area contributed by atoms with Gasteiger partial charge in [0, 0.05) is 12.8 Å². The summed E-state index contributed by atoms with van der Waals surface area (Å²) in [4.78, 5) is 37.7. The first-order valence-corrected chi connectivity index (χ1v) is 26.0. The largest absolute Gasteiger partial charge is 0.756 e. The Balaban J connectivity index is 4.33. The minimum absolute atomic E-state index is 0.0368. The molecule has 0 aliphatic rings. The fraction of sp³-hybridized carbons (Fsp3) is 0.765. The van der Waals surface area contributed by atoms with Crippen LogP contribution in [0.1, 0.15) is 200 Å². The Morgan fingerprint density at radius 1 is 0.525 bits per heavy atom.